The molecule has 0 bridgehead atoms. The molecule has 1 aromatic rings. The van der Waals surface area contributed by atoms with Crippen LogP contribution in [0.2, 0.25) is 0 Å². The fourth-order valence-electron chi connectivity index (χ4n) is 1.78. The van der Waals surface area contributed by atoms with E-state index in [1.807, 2.05) is 31.0 Å². The second-order valence-corrected chi connectivity index (χ2v) is 8.39. The fourth-order valence-corrected chi connectivity index (χ4v) is 5.57. The Labute approximate surface area is 124 Å². The molecule has 1 aromatic heterocycles. The summed E-state index contributed by atoms with van der Waals surface area (Å²) in [7, 11) is -3.46. The van der Waals surface area contributed by atoms with Gasteiger partial charge in [-0.05, 0) is 42.7 Å². The van der Waals surface area contributed by atoms with E-state index in [1.165, 1.54) is 11.3 Å². The number of thioether (sulfide) groups is 1. The van der Waals surface area contributed by atoms with Gasteiger partial charge in [0.2, 0.25) is 10.0 Å². The number of hydrogen-bond acceptors (Lipinski definition) is 5. The molecular weight excluding hydrogens is 300 g/mol. The number of rotatable bonds is 8. The first kappa shape index (κ1) is 17.0. The predicted molar refractivity (Wildman–Crippen MR) is 84.3 cm³/mol. The van der Waals surface area contributed by atoms with Crippen LogP contribution < -0.4 is 10.5 Å². The molecule has 1 heterocycles. The predicted octanol–water partition coefficient (Wildman–Crippen LogP) is 2.33. The van der Waals surface area contributed by atoms with E-state index in [2.05, 4.69) is 11.6 Å². The molecule has 0 aliphatic carbocycles. The average molecular weight is 323 g/mol. The summed E-state index contributed by atoms with van der Waals surface area (Å²) in [5, 5.41) is 1.84. The average Bonchev–Trinajstić information content (AvgIpc) is 2.70. The van der Waals surface area contributed by atoms with Gasteiger partial charge in [-0.3, -0.25) is 0 Å². The Balaban J connectivity index is 2.78. The summed E-state index contributed by atoms with van der Waals surface area (Å²) in [5.74, 6) is 2.02. The highest BCUT2D eigenvalue weighted by Gasteiger charge is 2.23. The number of hydrogen-bond donors (Lipinski definition) is 2. The van der Waals surface area contributed by atoms with Gasteiger partial charge in [0, 0.05) is 17.5 Å². The Kier molecular flexibility index (Phi) is 6.82. The molecule has 1 atom stereocenters. The standard InChI is InChI=1S/C12H22N2O2S3/c1-4-17-6-5-10(3)14-19(15,16)12-9(2)8-18-11(12)7-13/h8,10,14H,4-7,13H2,1-3H3. The lowest BCUT2D eigenvalue weighted by Crippen LogP contribution is -2.33. The van der Waals surface area contributed by atoms with E-state index < -0.39 is 10.0 Å². The summed E-state index contributed by atoms with van der Waals surface area (Å²) in [6.07, 6.45) is 0.832. The van der Waals surface area contributed by atoms with Crippen LogP contribution >= 0.6 is 23.1 Å². The molecule has 0 aliphatic rings. The van der Waals surface area contributed by atoms with E-state index in [4.69, 9.17) is 5.73 Å². The number of aryl methyl sites for hydroxylation is 1. The molecule has 0 spiro atoms. The molecule has 0 aromatic carbocycles. The summed E-state index contributed by atoms with van der Waals surface area (Å²) >= 11 is 3.22. The fraction of sp³-hybridized carbons (Fsp3) is 0.667. The van der Waals surface area contributed by atoms with Crippen molar-refractivity contribution in [1.29, 1.82) is 0 Å². The largest absolute Gasteiger partial charge is 0.326 e. The molecule has 0 saturated carbocycles. The van der Waals surface area contributed by atoms with Gasteiger partial charge in [0.1, 0.15) is 4.90 Å². The van der Waals surface area contributed by atoms with Crippen LogP contribution in [-0.4, -0.2) is 26.0 Å². The van der Waals surface area contributed by atoms with Crippen molar-refractivity contribution in [3.8, 4) is 0 Å². The molecule has 4 nitrogen and oxygen atoms in total. The van der Waals surface area contributed by atoms with E-state index in [0.29, 0.717) is 4.90 Å². The zero-order chi connectivity index (χ0) is 14.5. The van der Waals surface area contributed by atoms with Crippen LogP contribution in [0, 0.1) is 6.92 Å². The number of thiophene rings is 1. The van der Waals surface area contributed by atoms with Gasteiger partial charge in [-0.1, -0.05) is 6.92 Å². The molecule has 110 valence electrons. The van der Waals surface area contributed by atoms with Crippen molar-refractivity contribution >= 4 is 33.1 Å². The number of sulfonamides is 1. The molecule has 19 heavy (non-hydrogen) atoms. The minimum absolute atomic E-state index is 0.0611. The molecule has 0 amide bonds. The summed E-state index contributed by atoms with van der Waals surface area (Å²) in [5.41, 5.74) is 6.38. The van der Waals surface area contributed by atoms with Gasteiger partial charge in [-0.15, -0.1) is 11.3 Å². The van der Waals surface area contributed by atoms with Gasteiger partial charge in [0.05, 0.1) is 0 Å². The maximum atomic E-state index is 12.4. The summed E-state index contributed by atoms with van der Waals surface area (Å²) in [4.78, 5) is 1.09. The van der Waals surface area contributed by atoms with Crippen LogP contribution in [0.3, 0.4) is 0 Å². The lowest BCUT2D eigenvalue weighted by atomic mass is 10.3. The van der Waals surface area contributed by atoms with Gasteiger partial charge in [0.25, 0.3) is 0 Å². The zero-order valence-corrected chi connectivity index (χ0v) is 14.1. The van der Waals surface area contributed by atoms with E-state index >= 15 is 0 Å². The van der Waals surface area contributed by atoms with Crippen LogP contribution in [0.25, 0.3) is 0 Å². The third kappa shape index (κ3) is 4.75. The molecule has 0 fully saturated rings. The Bertz CT molecular complexity index is 497. The Hall–Kier alpha value is -0.0800. The van der Waals surface area contributed by atoms with Crippen molar-refractivity contribution in [1.82, 2.24) is 4.72 Å². The Morgan fingerprint density at radius 1 is 1.53 bits per heavy atom. The van der Waals surface area contributed by atoms with E-state index in [-0.39, 0.29) is 12.6 Å². The van der Waals surface area contributed by atoms with Crippen molar-refractivity contribution in [3.05, 3.63) is 15.8 Å². The number of nitrogens with two attached hydrogens (primary N) is 1. The van der Waals surface area contributed by atoms with Gasteiger partial charge in [0.15, 0.2) is 0 Å². The van der Waals surface area contributed by atoms with Gasteiger partial charge in [-0.25, -0.2) is 13.1 Å². The van der Waals surface area contributed by atoms with E-state index in [1.54, 1.807) is 0 Å². The highest BCUT2D eigenvalue weighted by molar-refractivity contribution is 7.99. The minimum Gasteiger partial charge on any atom is -0.326 e. The summed E-state index contributed by atoms with van der Waals surface area (Å²) in [6.45, 7) is 6.07. The third-order valence-corrected chi connectivity index (χ3v) is 6.71. The Morgan fingerprint density at radius 3 is 2.79 bits per heavy atom. The maximum Gasteiger partial charge on any atom is 0.242 e. The molecule has 1 rings (SSSR count). The SMILES string of the molecule is CCSCCC(C)NS(=O)(=O)c1c(C)csc1CN. The lowest BCUT2D eigenvalue weighted by Gasteiger charge is -2.14. The first-order chi connectivity index (χ1) is 8.92. The van der Waals surface area contributed by atoms with Gasteiger partial charge in [-0.2, -0.15) is 11.8 Å². The topological polar surface area (TPSA) is 72.2 Å². The third-order valence-electron chi connectivity index (χ3n) is 2.70. The molecule has 0 saturated heterocycles. The van der Waals surface area contributed by atoms with Crippen LogP contribution in [0.5, 0.6) is 0 Å². The summed E-state index contributed by atoms with van der Waals surface area (Å²) in [6, 6.07) is -0.0611. The first-order valence-corrected chi connectivity index (χ1v) is 9.81. The summed E-state index contributed by atoms with van der Waals surface area (Å²) < 4.78 is 27.5. The van der Waals surface area contributed by atoms with E-state index in [9.17, 15) is 8.42 Å². The van der Waals surface area contributed by atoms with Crippen molar-refractivity contribution in [2.75, 3.05) is 11.5 Å². The monoisotopic (exact) mass is 322 g/mol. The number of nitrogens with one attached hydrogen (secondary N) is 1. The second-order valence-electron chi connectivity index (χ2n) is 4.38. The smallest absolute Gasteiger partial charge is 0.242 e. The van der Waals surface area contributed by atoms with Crippen LogP contribution in [0.15, 0.2) is 10.3 Å². The molecule has 7 heteroatoms. The maximum absolute atomic E-state index is 12.4. The molecule has 0 radical (unpaired) electrons. The molecular formula is C12H22N2O2S3. The highest BCUT2D eigenvalue weighted by Crippen LogP contribution is 2.26. The van der Waals surface area contributed by atoms with Crippen LogP contribution in [0.1, 0.15) is 30.7 Å². The van der Waals surface area contributed by atoms with Crippen LogP contribution in [0.4, 0.5) is 0 Å². The normalized spacial score (nSPS) is 13.7. The van der Waals surface area contributed by atoms with Crippen LogP contribution in [-0.2, 0) is 16.6 Å². The molecule has 3 N–H and O–H groups in total. The lowest BCUT2D eigenvalue weighted by molar-refractivity contribution is 0.556. The Morgan fingerprint density at radius 2 is 2.21 bits per heavy atom. The zero-order valence-electron chi connectivity index (χ0n) is 11.6. The minimum atomic E-state index is -3.46. The molecule has 0 aliphatic heterocycles. The quantitative estimate of drug-likeness (QED) is 0.721. The van der Waals surface area contributed by atoms with Crippen molar-refractivity contribution in [2.24, 2.45) is 5.73 Å². The van der Waals surface area contributed by atoms with Gasteiger partial charge < -0.3 is 5.73 Å². The first-order valence-electron chi connectivity index (χ1n) is 6.29. The highest BCUT2D eigenvalue weighted by atomic mass is 32.2. The molecule has 1 unspecified atom stereocenters. The van der Waals surface area contributed by atoms with E-state index in [0.717, 1.165) is 28.4 Å². The van der Waals surface area contributed by atoms with Gasteiger partial charge >= 0.3 is 0 Å². The van der Waals surface area contributed by atoms with Crippen molar-refractivity contribution in [3.63, 3.8) is 0 Å². The second kappa shape index (κ2) is 7.64. The van der Waals surface area contributed by atoms with Crippen molar-refractivity contribution < 1.29 is 8.42 Å². The van der Waals surface area contributed by atoms with Crippen molar-refractivity contribution in [2.45, 2.75) is 44.7 Å².